The van der Waals surface area contributed by atoms with Crippen molar-refractivity contribution in [1.82, 2.24) is 14.8 Å². The highest BCUT2D eigenvalue weighted by atomic mass is 32.2. The van der Waals surface area contributed by atoms with E-state index in [2.05, 4.69) is 30.9 Å². The topological polar surface area (TPSA) is 77.2 Å². The van der Waals surface area contributed by atoms with E-state index in [1.165, 1.54) is 22.8 Å². The van der Waals surface area contributed by atoms with E-state index in [-0.39, 0.29) is 23.7 Å². The molecule has 0 aliphatic carbocycles. The van der Waals surface area contributed by atoms with E-state index in [0.29, 0.717) is 5.75 Å². The highest BCUT2D eigenvalue weighted by Gasteiger charge is 2.14. The van der Waals surface area contributed by atoms with Gasteiger partial charge in [0.1, 0.15) is 24.8 Å². The first-order valence-electron chi connectivity index (χ1n) is 7.40. The molecule has 23 heavy (non-hydrogen) atoms. The van der Waals surface area contributed by atoms with Gasteiger partial charge in [-0.15, -0.1) is 5.10 Å². The third kappa shape index (κ3) is 5.14. The lowest BCUT2D eigenvalue weighted by molar-refractivity contribution is 0.0889. The van der Waals surface area contributed by atoms with Gasteiger partial charge in [-0.25, -0.2) is 9.67 Å². The van der Waals surface area contributed by atoms with Crippen LogP contribution in [-0.4, -0.2) is 43.0 Å². The molecule has 126 valence electrons. The summed E-state index contributed by atoms with van der Waals surface area (Å²) >= 11 is 0. The first kappa shape index (κ1) is 17.6. The zero-order chi connectivity index (χ0) is 17.0. The van der Waals surface area contributed by atoms with Crippen LogP contribution >= 0.6 is 0 Å². The standard InChI is InChI=1S/C16H23N3O3S/c1-16(2,3)12-5-7-14(8-6-12)22-10-13(20)9-19-11-17-15(18-19)23(4)21/h5-8,11,13,20H,9-10H2,1-4H3. The molecule has 1 aromatic heterocycles. The molecule has 2 aromatic rings. The lowest BCUT2D eigenvalue weighted by Crippen LogP contribution is -2.24. The molecular weight excluding hydrogens is 314 g/mol. The summed E-state index contributed by atoms with van der Waals surface area (Å²) in [7, 11) is -1.22. The molecule has 7 heteroatoms. The Labute approximate surface area is 139 Å². The second kappa shape index (κ2) is 7.23. The Hall–Kier alpha value is -1.73. The maximum atomic E-state index is 11.2. The fourth-order valence-electron chi connectivity index (χ4n) is 2.01. The van der Waals surface area contributed by atoms with E-state index in [9.17, 15) is 9.32 Å². The SMILES string of the molecule is CS(=O)c1ncn(CC(O)COc2ccc(C(C)(C)C)cc2)n1. The van der Waals surface area contributed by atoms with Crippen LogP contribution in [0.15, 0.2) is 35.7 Å². The van der Waals surface area contributed by atoms with Crippen molar-refractivity contribution >= 4 is 10.8 Å². The van der Waals surface area contributed by atoms with Gasteiger partial charge in [-0.3, -0.25) is 4.21 Å². The summed E-state index contributed by atoms with van der Waals surface area (Å²) in [5.74, 6) is 0.714. The number of aliphatic hydroxyl groups is 1. The zero-order valence-corrected chi connectivity index (χ0v) is 14.7. The number of benzene rings is 1. The number of hydrogen-bond donors (Lipinski definition) is 1. The van der Waals surface area contributed by atoms with Crippen molar-refractivity contribution in [3.8, 4) is 5.75 Å². The fraction of sp³-hybridized carbons (Fsp3) is 0.500. The first-order chi connectivity index (χ1) is 10.8. The van der Waals surface area contributed by atoms with Crippen molar-refractivity contribution in [1.29, 1.82) is 0 Å². The smallest absolute Gasteiger partial charge is 0.238 e. The third-order valence-electron chi connectivity index (χ3n) is 3.33. The quantitative estimate of drug-likeness (QED) is 0.869. The van der Waals surface area contributed by atoms with Crippen molar-refractivity contribution in [3.05, 3.63) is 36.2 Å². The summed E-state index contributed by atoms with van der Waals surface area (Å²) in [4.78, 5) is 3.92. The molecule has 1 N–H and O–H groups in total. The van der Waals surface area contributed by atoms with Crippen LogP contribution in [0, 0.1) is 0 Å². The Kier molecular flexibility index (Phi) is 5.54. The van der Waals surface area contributed by atoms with Crippen LogP contribution in [0.5, 0.6) is 5.75 Å². The number of hydrogen-bond acceptors (Lipinski definition) is 5. The molecule has 0 amide bonds. The van der Waals surface area contributed by atoms with Crippen LogP contribution in [0.25, 0.3) is 0 Å². The van der Waals surface area contributed by atoms with Gasteiger partial charge in [-0.05, 0) is 23.1 Å². The average molecular weight is 337 g/mol. The van der Waals surface area contributed by atoms with E-state index in [1.807, 2.05) is 24.3 Å². The molecule has 2 rings (SSSR count). The van der Waals surface area contributed by atoms with Crippen molar-refractivity contribution in [2.45, 2.75) is 44.0 Å². The molecular formula is C16H23N3O3S. The van der Waals surface area contributed by atoms with Crippen LogP contribution in [0.3, 0.4) is 0 Å². The minimum absolute atomic E-state index is 0.0994. The summed E-state index contributed by atoms with van der Waals surface area (Å²) in [5, 5.41) is 14.3. The maximum Gasteiger partial charge on any atom is 0.238 e. The molecule has 0 saturated heterocycles. The molecule has 2 unspecified atom stereocenters. The summed E-state index contributed by atoms with van der Waals surface area (Å²) in [6.07, 6.45) is 2.25. The van der Waals surface area contributed by atoms with E-state index in [4.69, 9.17) is 4.74 Å². The van der Waals surface area contributed by atoms with Crippen molar-refractivity contribution in [2.75, 3.05) is 12.9 Å². The van der Waals surface area contributed by atoms with Gasteiger partial charge in [0.2, 0.25) is 5.16 Å². The molecule has 1 aromatic carbocycles. The van der Waals surface area contributed by atoms with Gasteiger partial charge in [0.05, 0.1) is 17.3 Å². The summed E-state index contributed by atoms with van der Waals surface area (Å²) < 4.78 is 18.3. The highest BCUT2D eigenvalue weighted by Crippen LogP contribution is 2.24. The van der Waals surface area contributed by atoms with Crippen LogP contribution in [0.2, 0.25) is 0 Å². The summed E-state index contributed by atoms with van der Waals surface area (Å²) in [6, 6.07) is 7.87. The van der Waals surface area contributed by atoms with Crippen molar-refractivity contribution in [3.63, 3.8) is 0 Å². The summed E-state index contributed by atoms with van der Waals surface area (Å²) in [5.41, 5.74) is 1.33. The fourth-order valence-corrected chi connectivity index (χ4v) is 2.42. The molecule has 1 heterocycles. The molecule has 0 bridgehead atoms. The van der Waals surface area contributed by atoms with Gasteiger partial charge in [-0.1, -0.05) is 32.9 Å². The average Bonchev–Trinajstić information content (AvgIpc) is 2.93. The Balaban J connectivity index is 1.86. The van der Waals surface area contributed by atoms with Gasteiger partial charge >= 0.3 is 0 Å². The monoisotopic (exact) mass is 337 g/mol. The van der Waals surface area contributed by atoms with Crippen molar-refractivity contribution in [2.24, 2.45) is 0 Å². The largest absolute Gasteiger partial charge is 0.491 e. The minimum atomic E-state index is -1.22. The molecule has 0 radical (unpaired) electrons. The second-order valence-corrected chi connectivity index (χ2v) is 7.72. The van der Waals surface area contributed by atoms with E-state index in [1.54, 1.807) is 0 Å². The zero-order valence-electron chi connectivity index (χ0n) is 13.9. The van der Waals surface area contributed by atoms with Gasteiger partial charge in [0.15, 0.2) is 0 Å². The second-order valence-electron chi connectivity index (χ2n) is 6.44. The Morgan fingerprint density at radius 3 is 2.48 bits per heavy atom. The number of rotatable bonds is 6. The van der Waals surface area contributed by atoms with E-state index in [0.717, 1.165) is 0 Å². The molecule has 0 spiro atoms. The lowest BCUT2D eigenvalue weighted by atomic mass is 9.87. The predicted molar refractivity (Wildman–Crippen MR) is 89.0 cm³/mol. The van der Waals surface area contributed by atoms with Crippen LogP contribution in [0.4, 0.5) is 0 Å². The Morgan fingerprint density at radius 2 is 1.96 bits per heavy atom. The van der Waals surface area contributed by atoms with Crippen LogP contribution in [0.1, 0.15) is 26.3 Å². The van der Waals surface area contributed by atoms with Gasteiger partial charge < -0.3 is 9.84 Å². The van der Waals surface area contributed by atoms with Crippen LogP contribution in [-0.2, 0) is 22.8 Å². The molecule has 6 nitrogen and oxygen atoms in total. The van der Waals surface area contributed by atoms with Gasteiger partial charge in [0.25, 0.3) is 0 Å². The maximum absolute atomic E-state index is 11.2. The van der Waals surface area contributed by atoms with Crippen molar-refractivity contribution < 1.29 is 14.1 Å². The lowest BCUT2D eigenvalue weighted by Gasteiger charge is -2.19. The summed E-state index contributed by atoms with van der Waals surface area (Å²) in [6.45, 7) is 6.86. The molecule has 0 aliphatic heterocycles. The highest BCUT2D eigenvalue weighted by molar-refractivity contribution is 7.84. The number of nitrogens with zero attached hydrogens (tertiary/aromatic N) is 3. The molecule has 0 aliphatic rings. The predicted octanol–water partition coefficient (Wildman–Crippen LogP) is 1.75. The number of aromatic nitrogens is 3. The normalized spacial score (nSPS) is 14.5. The Bertz CT molecular complexity index is 662. The number of aliphatic hydroxyl groups excluding tert-OH is 1. The van der Waals surface area contributed by atoms with Gasteiger partial charge in [-0.2, -0.15) is 0 Å². The molecule has 0 fully saturated rings. The molecule has 0 saturated carbocycles. The van der Waals surface area contributed by atoms with Gasteiger partial charge in [0, 0.05) is 6.26 Å². The minimum Gasteiger partial charge on any atom is -0.491 e. The molecule has 2 atom stereocenters. The third-order valence-corrected chi connectivity index (χ3v) is 4.03. The van der Waals surface area contributed by atoms with E-state index < -0.39 is 16.9 Å². The van der Waals surface area contributed by atoms with Crippen LogP contribution < -0.4 is 4.74 Å². The van der Waals surface area contributed by atoms with E-state index >= 15 is 0 Å². The first-order valence-corrected chi connectivity index (χ1v) is 8.96. The Morgan fingerprint density at radius 1 is 1.30 bits per heavy atom. The number of ether oxygens (including phenoxy) is 1.